The molecule has 0 bridgehead atoms. The van der Waals surface area contributed by atoms with E-state index in [9.17, 15) is 18.3 Å². The fourth-order valence-corrected chi connectivity index (χ4v) is 16.3. The molecule has 6 fully saturated rings. The molecule has 7 aliphatic rings. The van der Waals surface area contributed by atoms with Crippen LogP contribution in [0.25, 0.3) is 0 Å². The number of nitrogens with zero attached hydrogens (tertiary/aromatic N) is 1. The molecule has 1 saturated heterocycles. The molecule has 0 aromatic heterocycles. The summed E-state index contributed by atoms with van der Waals surface area (Å²) in [5, 5.41) is 14.1. The number of ether oxygens (including phenoxy) is 1. The van der Waals surface area contributed by atoms with E-state index in [0.29, 0.717) is 83.8 Å². The lowest BCUT2D eigenvalue weighted by Gasteiger charge is -2.72. The van der Waals surface area contributed by atoms with E-state index in [2.05, 4.69) is 64.4 Å². The quantitative estimate of drug-likeness (QED) is 0.230. The molecule has 7 rings (SSSR count). The first-order valence-corrected chi connectivity index (χ1v) is 23.0. The van der Waals surface area contributed by atoms with Gasteiger partial charge in [-0.05, 0) is 154 Å². The molecule has 9 unspecified atom stereocenters. The van der Waals surface area contributed by atoms with E-state index in [4.69, 9.17) is 4.74 Å². The zero-order chi connectivity index (χ0) is 37.5. The first-order valence-electron chi connectivity index (χ1n) is 21.2. The third kappa shape index (κ3) is 6.04. The van der Waals surface area contributed by atoms with Gasteiger partial charge in [0.1, 0.15) is 0 Å². The van der Waals surface area contributed by atoms with E-state index < -0.39 is 21.4 Å². The Bertz CT molecular complexity index is 1530. The molecule has 0 radical (unpaired) electrons. The van der Waals surface area contributed by atoms with E-state index in [1.165, 1.54) is 63.4 Å². The molecule has 9 atom stereocenters. The largest absolute Gasteiger partial charge is 0.479 e. The highest BCUT2D eigenvalue weighted by atomic mass is 32.2. The Morgan fingerprint density at radius 3 is 2.25 bits per heavy atom. The molecule has 0 amide bonds. The van der Waals surface area contributed by atoms with Crippen LogP contribution in [0.4, 0.5) is 0 Å². The summed E-state index contributed by atoms with van der Waals surface area (Å²) in [5.74, 6) is 3.62. The number of carboxylic acid groups (broad SMARTS) is 1. The maximum Gasteiger partial charge on any atom is 0.335 e. The van der Waals surface area contributed by atoms with Crippen LogP contribution in [-0.2, 0) is 19.4 Å². The Morgan fingerprint density at radius 2 is 1.62 bits per heavy atom. The van der Waals surface area contributed by atoms with Gasteiger partial charge in [0, 0.05) is 38.8 Å². The van der Waals surface area contributed by atoms with Crippen LogP contribution < -0.4 is 5.32 Å². The predicted octanol–water partition coefficient (Wildman–Crippen LogP) is 8.30. The first kappa shape index (κ1) is 39.0. The van der Waals surface area contributed by atoms with Crippen molar-refractivity contribution in [2.75, 3.05) is 44.8 Å². The topological polar surface area (TPSA) is 95.9 Å². The number of fused-ring (bicyclic) bond motifs is 7. The minimum atomic E-state index is -2.86. The molecule has 0 spiro atoms. The molecule has 6 aliphatic carbocycles. The van der Waals surface area contributed by atoms with Gasteiger partial charge in [0.05, 0.1) is 11.5 Å². The van der Waals surface area contributed by atoms with Gasteiger partial charge in [-0.2, -0.15) is 0 Å². The van der Waals surface area contributed by atoms with Gasteiger partial charge in [-0.25, -0.2) is 13.2 Å². The molecule has 0 aromatic rings. The SMILES string of the molecule is C=C(C)C1CCC2(NCCN3CCS(=O)(=O)CC3)CCC3(C)C(CCC4C5(C)CC=C(CC6CCC(OC)(C(=O)O)CC6)C(C)(C)C5CCC43C)C12. The highest BCUT2D eigenvalue weighted by Gasteiger charge is 2.70. The number of allylic oxidation sites excluding steroid dienone is 3. The van der Waals surface area contributed by atoms with Crippen LogP contribution in [0.15, 0.2) is 23.8 Å². The summed E-state index contributed by atoms with van der Waals surface area (Å²) in [4.78, 5) is 14.4. The highest BCUT2D eigenvalue weighted by molar-refractivity contribution is 7.91. The molecule has 7 nitrogen and oxygen atoms in total. The van der Waals surface area contributed by atoms with E-state index in [0.717, 1.165) is 32.4 Å². The molecule has 8 heteroatoms. The number of carboxylic acids is 1. The Morgan fingerprint density at radius 1 is 0.923 bits per heavy atom. The number of aliphatic carboxylic acids is 1. The molecular formula is C44H72N2O5S. The van der Waals surface area contributed by atoms with Crippen molar-refractivity contribution in [3.63, 3.8) is 0 Å². The summed E-state index contributed by atoms with van der Waals surface area (Å²) in [6.45, 7) is 23.4. The van der Waals surface area contributed by atoms with Gasteiger partial charge in [0.25, 0.3) is 0 Å². The van der Waals surface area contributed by atoms with Crippen molar-refractivity contribution in [1.82, 2.24) is 10.2 Å². The van der Waals surface area contributed by atoms with Crippen molar-refractivity contribution < 1.29 is 23.1 Å². The molecule has 2 N–H and O–H groups in total. The van der Waals surface area contributed by atoms with Crippen molar-refractivity contribution in [3.8, 4) is 0 Å². The second-order valence-corrected chi connectivity index (χ2v) is 22.9. The molecular weight excluding hydrogens is 669 g/mol. The summed E-state index contributed by atoms with van der Waals surface area (Å²) in [6.07, 6.45) is 18.4. The number of carbonyl (C=O) groups is 1. The monoisotopic (exact) mass is 741 g/mol. The summed E-state index contributed by atoms with van der Waals surface area (Å²) in [6, 6.07) is 0. The lowest BCUT2D eigenvalue weighted by molar-refractivity contribution is -0.221. The second-order valence-electron chi connectivity index (χ2n) is 20.6. The minimum Gasteiger partial charge on any atom is -0.479 e. The maximum absolute atomic E-state index is 12.0. The van der Waals surface area contributed by atoms with Gasteiger partial charge in [-0.3, -0.25) is 0 Å². The molecule has 1 aliphatic heterocycles. The lowest BCUT2D eigenvalue weighted by atomic mass is 9.33. The van der Waals surface area contributed by atoms with Crippen molar-refractivity contribution >= 4 is 15.8 Å². The van der Waals surface area contributed by atoms with Crippen molar-refractivity contribution in [1.29, 1.82) is 0 Å². The summed E-state index contributed by atoms with van der Waals surface area (Å²) < 4.78 is 29.7. The van der Waals surface area contributed by atoms with Crippen LogP contribution in [0, 0.1) is 57.2 Å². The smallest absolute Gasteiger partial charge is 0.335 e. The lowest BCUT2D eigenvalue weighted by Crippen LogP contribution is -2.68. The van der Waals surface area contributed by atoms with Gasteiger partial charge in [-0.1, -0.05) is 58.4 Å². The number of hydrogen-bond donors (Lipinski definition) is 2. The van der Waals surface area contributed by atoms with E-state index in [-0.39, 0.29) is 16.4 Å². The molecule has 294 valence electrons. The van der Waals surface area contributed by atoms with Crippen LogP contribution in [-0.4, -0.2) is 80.3 Å². The van der Waals surface area contributed by atoms with Crippen molar-refractivity contribution in [2.45, 2.75) is 143 Å². The van der Waals surface area contributed by atoms with Crippen LogP contribution in [0.1, 0.15) is 131 Å². The predicted molar refractivity (Wildman–Crippen MR) is 210 cm³/mol. The number of sulfone groups is 1. The van der Waals surface area contributed by atoms with Crippen molar-refractivity contribution in [2.24, 2.45) is 57.2 Å². The Labute approximate surface area is 316 Å². The van der Waals surface area contributed by atoms with Gasteiger partial charge in [0.2, 0.25) is 0 Å². The maximum atomic E-state index is 12.0. The Balaban J connectivity index is 1.09. The van der Waals surface area contributed by atoms with Crippen molar-refractivity contribution in [3.05, 3.63) is 23.8 Å². The third-order valence-corrected chi connectivity index (χ3v) is 20.0. The third-order valence-electron chi connectivity index (χ3n) is 18.4. The molecule has 52 heavy (non-hydrogen) atoms. The molecule has 5 saturated carbocycles. The number of rotatable bonds is 9. The second kappa shape index (κ2) is 13.5. The average Bonchev–Trinajstić information content (AvgIpc) is 3.47. The Hall–Kier alpha value is -1.22. The number of nitrogens with one attached hydrogen (secondary N) is 1. The van der Waals surface area contributed by atoms with Crippen LogP contribution in [0.5, 0.6) is 0 Å². The normalized spacial score (nSPS) is 46.9. The first-order chi connectivity index (χ1) is 24.4. The fraction of sp³-hybridized carbons (Fsp3) is 0.886. The summed E-state index contributed by atoms with van der Waals surface area (Å²) in [5.41, 5.74) is 3.22. The molecule has 0 aromatic carbocycles. The molecule has 1 heterocycles. The zero-order valence-electron chi connectivity index (χ0n) is 33.8. The number of hydrogen-bond acceptors (Lipinski definition) is 6. The van der Waals surface area contributed by atoms with E-state index in [1.807, 2.05) is 0 Å². The van der Waals surface area contributed by atoms with Gasteiger partial charge in [0.15, 0.2) is 15.4 Å². The van der Waals surface area contributed by atoms with Gasteiger partial charge >= 0.3 is 5.97 Å². The average molecular weight is 741 g/mol. The van der Waals surface area contributed by atoms with Crippen LogP contribution in [0.3, 0.4) is 0 Å². The van der Waals surface area contributed by atoms with Crippen LogP contribution in [0.2, 0.25) is 0 Å². The highest BCUT2D eigenvalue weighted by Crippen LogP contribution is 2.76. The zero-order valence-corrected chi connectivity index (χ0v) is 34.6. The Kier molecular flexibility index (Phi) is 10.1. The van der Waals surface area contributed by atoms with Crippen LogP contribution >= 0.6 is 0 Å². The van der Waals surface area contributed by atoms with Gasteiger partial charge in [-0.15, -0.1) is 0 Å². The minimum absolute atomic E-state index is 0.148. The number of methoxy groups -OCH3 is 1. The van der Waals surface area contributed by atoms with Gasteiger partial charge < -0.3 is 20.1 Å². The fourth-order valence-electron chi connectivity index (χ4n) is 15.1. The summed E-state index contributed by atoms with van der Waals surface area (Å²) in [7, 11) is -1.29. The van der Waals surface area contributed by atoms with E-state index >= 15 is 0 Å². The standard InChI is InChI=1S/C44H72N2O5S/c1-30(2)33-14-18-43(45-23-24-46-25-27-52(49,50)28-26-46)22-21-41(6)34(37(33)43)9-10-36-40(5)16-13-32(39(3,4)35(40)15-17-42(36,41)7)29-31-11-19-44(51-8,20-12-31)38(47)48/h13,31,33-37,45H,1,9-12,14-29H2,2-8H3,(H,47,48). The van der Waals surface area contributed by atoms with E-state index in [1.54, 1.807) is 12.7 Å². The summed E-state index contributed by atoms with van der Waals surface area (Å²) >= 11 is 0.